The normalized spacial score (nSPS) is 10.5. The second-order valence-electron chi connectivity index (χ2n) is 6.89. The molecule has 0 atom stereocenters. The molecule has 3 rings (SSSR count). The number of rotatable bonds is 9. The highest BCUT2D eigenvalue weighted by molar-refractivity contribution is 5.96. The summed E-state index contributed by atoms with van der Waals surface area (Å²) in [6.07, 6.45) is 2.19. The quantitative estimate of drug-likeness (QED) is 0.186. The van der Waals surface area contributed by atoms with Gasteiger partial charge in [0.25, 0.3) is 5.91 Å². The van der Waals surface area contributed by atoms with Crippen LogP contribution >= 0.6 is 0 Å². The van der Waals surface area contributed by atoms with Crippen LogP contribution < -0.4 is 20.4 Å². The first-order chi connectivity index (χ1) is 15.0. The number of ether oxygens (including phenoxy) is 2. The zero-order valence-corrected chi connectivity index (χ0v) is 17.2. The fraction of sp³-hybridized carbons (Fsp3) is 0.208. The van der Waals surface area contributed by atoms with Crippen molar-refractivity contribution in [3.63, 3.8) is 0 Å². The van der Waals surface area contributed by atoms with Gasteiger partial charge in [-0.25, -0.2) is 4.79 Å². The molecule has 0 spiro atoms. The van der Waals surface area contributed by atoms with E-state index in [0.717, 1.165) is 11.3 Å². The highest BCUT2D eigenvalue weighted by atomic mass is 16.5. The predicted octanol–water partition coefficient (Wildman–Crippen LogP) is 3.78. The third-order valence-electron chi connectivity index (χ3n) is 4.41. The molecule has 31 heavy (non-hydrogen) atoms. The lowest BCUT2D eigenvalue weighted by Gasteiger charge is -2.08. The summed E-state index contributed by atoms with van der Waals surface area (Å²) in [6.45, 7) is 6.13. The van der Waals surface area contributed by atoms with Gasteiger partial charge in [0.2, 0.25) is 0 Å². The van der Waals surface area contributed by atoms with E-state index < -0.39 is 17.5 Å². The van der Waals surface area contributed by atoms with Crippen molar-refractivity contribution in [1.82, 2.24) is 5.32 Å². The molecule has 0 radical (unpaired) electrons. The van der Waals surface area contributed by atoms with Gasteiger partial charge in [-0.3, -0.25) is 9.59 Å². The van der Waals surface area contributed by atoms with Crippen molar-refractivity contribution < 1.29 is 23.5 Å². The molecule has 7 heteroatoms. The van der Waals surface area contributed by atoms with Gasteiger partial charge >= 0.3 is 11.6 Å². The van der Waals surface area contributed by atoms with E-state index in [1.54, 1.807) is 12.1 Å². The minimum absolute atomic E-state index is 0.104. The Hall–Kier alpha value is -3.87. The molecular formula is C24H23NO6. The second-order valence-corrected chi connectivity index (χ2v) is 6.89. The number of esters is 1. The van der Waals surface area contributed by atoms with E-state index in [9.17, 15) is 14.4 Å². The van der Waals surface area contributed by atoms with Crippen molar-refractivity contribution in [3.05, 3.63) is 82.7 Å². The van der Waals surface area contributed by atoms with Gasteiger partial charge in [-0.2, -0.15) is 0 Å². The molecule has 3 aromatic rings. The highest BCUT2D eigenvalue weighted by Gasteiger charge is 2.14. The third kappa shape index (κ3) is 6.05. The van der Waals surface area contributed by atoms with Crippen LogP contribution in [0.1, 0.15) is 28.8 Å². The zero-order valence-electron chi connectivity index (χ0n) is 17.2. The molecule has 0 aliphatic rings. The first-order valence-electron chi connectivity index (χ1n) is 9.83. The van der Waals surface area contributed by atoms with Crippen molar-refractivity contribution in [3.8, 4) is 11.5 Å². The molecule has 0 aliphatic carbocycles. The summed E-state index contributed by atoms with van der Waals surface area (Å²) < 4.78 is 16.1. The highest BCUT2D eigenvalue weighted by Crippen LogP contribution is 2.21. The van der Waals surface area contributed by atoms with E-state index in [2.05, 4.69) is 11.9 Å². The van der Waals surface area contributed by atoms with Crippen LogP contribution in [0, 0.1) is 6.92 Å². The number of fused-ring (bicyclic) bond motifs is 1. The smallest absolute Gasteiger partial charge is 0.349 e. The molecule has 2 aromatic carbocycles. The van der Waals surface area contributed by atoms with Gasteiger partial charge in [0.05, 0.1) is 6.61 Å². The van der Waals surface area contributed by atoms with Crippen molar-refractivity contribution in [2.45, 2.75) is 19.8 Å². The van der Waals surface area contributed by atoms with E-state index in [1.807, 2.05) is 31.2 Å². The van der Waals surface area contributed by atoms with Crippen LogP contribution in [-0.2, 0) is 4.79 Å². The van der Waals surface area contributed by atoms with Gasteiger partial charge in [0.1, 0.15) is 22.6 Å². The van der Waals surface area contributed by atoms with Crippen LogP contribution in [0.3, 0.4) is 0 Å². The maximum atomic E-state index is 12.1. The number of aryl methyl sites for hydroxylation is 1. The van der Waals surface area contributed by atoms with E-state index in [4.69, 9.17) is 13.9 Å². The van der Waals surface area contributed by atoms with E-state index >= 15 is 0 Å². The number of carbonyl (C=O) groups is 2. The molecule has 160 valence electrons. The molecule has 1 heterocycles. The van der Waals surface area contributed by atoms with Gasteiger partial charge < -0.3 is 19.2 Å². The summed E-state index contributed by atoms with van der Waals surface area (Å²) in [5.41, 5.74) is 0.492. The largest absolute Gasteiger partial charge is 0.494 e. The van der Waals surface area contributed by atoms with Crippen molar-refractivity contribution in [1.29, 1.82) is 0 Å². The summed E-state index contributed by atoms with van der Waals surface area (Å²) >= 11 is 0. The molecule has 1 N–H and O–H groups in total. The Morgan fingerprint density at radius 2 is 1.84 bits per heavy atom. The van der Waals surface area contributed by atoms with Crippen LogP contribution in [0.15, 0.2) is 70.4 Å². The molecule has 1 amide bonds. The SMILES string of the molecule is C=CCNC(=O)c1cc2ccc(OC(=O)CCCOc3ccc(C)cc3)cc2oc1=O. The number of carbonyl (C=O) groups excluding carboxylic acids is 2. The van der Waals surface area contributed by atoms with Crippen molar-refractivity contribution in [2.75, 3.05) is 13.2 Å². The van der Waals surface area contributed by atoms with Gasteiger partial charge in [-0.1, -0.05) is 23.8 Å². The number of nitrogens with one attached hydrogen (secondary N) is 1. The minimum atomic E-state index is -0.772. The lowest BCUT2D eigenvalue weighted by molar-refractivity contribution is -0.134. The average molecular weight is 421 g/mol. The van der Waals surface area contributed by atoms with Gasteiger partial charge in [-0.15, -0.1) is 6.58 Å². The topological polar surface area (TPSA) is 94.8 Å². The Labute approximate surface area is 179 Å². The van der Waals surface area contributed by atoms with E-state index in [-0.39, 0.29) is 29.9 Å². The van der Waals surface area contributed by atoms with Gasteiger partial charge in [0, 0.05) is 24.4 Å². The van der Waals surface area contributed by atoms with Crippen molar-refractivity contribution >= 4 is 22.8 Å². The molecule has 7 nitrogen and oxygen atoms in total. The average Bonchev–Trinajstić information content (AvgIpc) is 2.75. The molecule has 0 bridgehead atoms. The first kappa shape index (κ1) is 21.8. The number of hydrogen-bond donors (Lipinski definition) is 1. The fourth-order valence-electron chi connectivity index (χ4n) is 2.80. The first-order valence-corrected chi connectivity index (χ1v) is 9.83. The Morgan fingerprint density at radius 3 is 2.58 bits per heavy atom. The summed E-state index contributed by atoms with van der Waals surface area (Å²) in [5.74, 6) is 0.0403. The molecule has 1 aromatic heterocycles. The van der Waals surface area contributed by atoms with Crippen LogP contribution in [0.2, 0.25) is 0 Å². The molecule has 0 unspecified atom stereocenters. The molecular weight excluding hydrogens is 398 g/mol. The van der Waals surface area contributed by atoms with Crippen LogP contribution in [0.25, 0.3) is 11.0 Å². The lowest BCUT2D eigenvalue weighted by atomic mass is 10.1. The number of amides is 1. The van der Waals surface area contributed by atoms with Crippen LogP contribution in [0.5, 0.6) is 11.5 Å². The van der Waals surface area contributed by atoms with E-state index in [0.29, 0.717) is 18.4 Å². The van der Waals surface area contributed by atoms with Gasteiger partial charge in [-0.05, 0) is 43.7 Å². The standard InChI is InChI=1S/C24H23NO6/c1-3-12-25-23(27)20-14-17-8-11-19(15-21(17)31-24(20)28)30-22(26)5-4-13-29-18-9-6-16(2)7-10-18/h3,6-11,14-15H,1,4-5,12-13H2,2H3,(H,25,27). The predicted molar refractivity (Wildman–Crippen MR) is 117 cm³/mol. The lowest BCUT2D eigenvalue weighted by Crippen LogP contribution is -2.28. The summed E-state index contributed by atoms with van der Waals surface area (Å²) in [4.78, 5) is 36.2. The summed E-state index contributed by atoms with van der Waals surface area (Å²) in [6, 6.07) is 13.8. The monoisotopic (exact) mass is 421 g/mol. The summed E-state index contributed by atoms with van der Waals surface area (Å²) in [5, 5.41) is 3.07. The number of hydrogen-bond acceptors (Lipinski definition) is 6. The maximum absolute atomic E-state index is 12.1. The van der Waals surface area contributed by atoms with Crippen LogP contribution in [-0.4, -0.2) is 25.0 Å². The molecule has 0 aliphatic heterocycles. The fourth-order valence-corrected chi connectivity index (χ4v) is 2.80. The Kier molecular flexibility index (Phi) is 7.22. The van der Waals surface area contributed by atoms with E-state index in [1.165, 1.54) is 18.2 Å². The summed E-state index contributed by atoms with van der Waals surface area (Å²) in [7, 11) is 0. The Morgan fingerprint density at radius 1 is 1.10 bits per heavy atom. The minimum Gasteiger partial charge on any atom is -0.494 e. The number of benzene rings is 2. The maximum Gasteiger partial charge on any atom is 0.349 e. The molecule has 0 fully saturated rings. The van der Waals surface area contributed by atoms with Crippen LogP contribution in [0.4, 0.5) is 0 Å². The Bertz CT molecular complexity index is 1150. The Balaban J connectivity index is 1.56. The van der Waals surface area contributed by atoms with Crippen molar-refractivity contribution in [2.24, 2.45) is 0 Å². The third-order valence-corrected chi connectivity index (χ3v) is 4.41. The zero-order chi connectivity index (χ0) is 22.2. The molecule has 0 saturated heterocycles. The second kappa shape index (κ2) is 10.2. The molecule has 0 saturated carbocycles. The van der Waals surface area contributed by atoms with Gasteiger partial charge in [0.15, 0.2) is 0 Å².